The normalized spacial score (nSPS) is 30.0. The van der Waals surface area contributed by atoms with E-state index in [9.17, 15) is 4.79 Å². The summed E-state index contributed by atoms with van der Waals surface area (Å²) >= 11 is 0. The number of benzene rings is 3. The molecular formula is C31H25N3O. The van der Waals surface area contributed by atoms with Crippen molar-refractivity contribution in [2.24, 2.45) is 22.9 Å². The van der Waals surface area contributed by atoms with Crippen molar-refractivity contribution < 1.29 is 4.79 Å². The molecule has 35 heavy (non-hydrogen) atoms. The monoisotopic (exact) mass is 455 g/mol. The van der Waals surface area contributed by atoms with Crippen molar-refractivity contribution in [3.05, 3.63) is 126 Å². The fourth-order valence-corrected chi connectivity index (χ4v) is 7.35. The Labute approximate surface area is 204 Å². The number of hydrogen-bond acceptors (Lipinski definition) is 3. The first-order chi connectivity index (χ1) is 17.3. The summed E-state index contributed by atoms with van der Waals surface area (Å²) in [5.41, 5.74) is 6.58. The predicted molar refractivity (Wildman–Crippen MR) is 138 cm³/mol. The Morgan fingerprint density at radius 2 is 1.40 bits per heavy atom. The quantitative estimate of drug-likeness (QED) is 0.240. The number of hydrazone groups is 1. The zero-order valence-electron chi connectivity index (χ0n) is 19.2. The first-order valence-electron chi connectivity index (χ1n) is 12.2. The number of rotatable bonds is 5. The molecule has 1 N–H and O–H groups in total. The zero-order chi connectivity index (χ0) is 23.5. The maximum Gasteiger partial charge on any atom is 0.289 e. The number of hydrogen-bond donors (Lipinski definition) is 1. The minimum absolute atomic E-state index is 0.0372. The van der Waals surface area contributed by atoms with Gasteiger partial charge in [-0.15, -0.1) is 0 Å². The van der Waals surface area contributed by atoms with Crippen LogP contribution in [0, 0.1) is 17.8 Å². The molecular weight excluding hydrogens is 430 g/mol. The smallest absolute Gasteiger partial charge is 0.266 e. The summed E-state index contributed by atoms with van der Waals surface area (Å²) in [6, 6.07) is 33.2. The summed E-state index contributed by atoms with van der Waals surface area (Å²) in [6.07, 6.45) is 7.97. The second-order valence-corrected chi connectivity index (χ2v) is 9.89. The van der Waals surface area contributed by atoms with Gasteiger partial charge in [0, 0.05) is 28.3 Å². The van der Waals surface area contributed by atoms with E-state index < -0.39 is 0 Å². The maximum absolute atomic E-state index is 12.9. The average molecular weight is 456 g/mol. The third-order valence-electron chi connectivity index (χ3n) is 8.56. The van der Waals surface area contributed by atoms with Crippen LogP contribution < -0.4 is 5.43 Å². The number of pyridine rings is 1. The van der Waals surface area contributed by atoms with Crippen molar-refractivity contribution in [3.8, 4) is 0 Å². The van der Waals surface area contributed by atoms with Crippen LogP contribution in [0.15, 0.2) is 114 Å². The van der Waals surface area contributed by atoms with Gasteiger partial charge in [0.2, 0.25) is 0 Å². The number of para-hydroxylation sites is 1. The lowest BCUT2D eigenvalue weighted by atomic mass is 9.75. The van der Waals surface area contributed by atoms with Gasteiger partial charge in [0.1, 0.15) is 5.69 Å². The van der Waals surface area contributed by atoms with E-state index in [0.29, 0.717) is 17.5 Å². The highest BCUT2D eigenvalue weighted by atomic mass is 16.2. The highest BCUT2D eigenvalue weighted by molar-refractivity contribution is 5.95. The Morgan fingerprint density at radius 3 is 2.06 bits per heavy atom. The number of fused-ring (bicyclic) bond motifs is 6. The van der Waals surface area contributed by atoms with Gasteiger partial charge in [0.15, 0.2) is 0 Å². The van der Waals surface area contributed by atoms with Crippen LogP contribution in [0.5, 0.6) is 0 Å². The Kier molecular flexibility index (Phi) is 4.34. The lowest BCUT2D eigenvalue weighted by Crippen LogP contribution is -2.26. The highest BCUT2D eigenvalue weighted by Crippen LogP contribution is 2.83. The molecule has 1 amide bonds. The molecule has 1 unspecified atom stereocenters. The van der Waals surface area contributed by atoms with Gasteiger partial charge in [-0.05, 0) is 41.5 Å². The number of allylic oxidation sites excluding steroid dienone is 2. The Bertz CT molecular complexity index is 1430. The van der Waals surface area contributed by atoms with Crippen molar-refractivity contribution in [3.63, 3.8) is 0 Å². The molecule has 0 aliphatic heterocycles. The molecule has 0 radical (unpaired) electrons. The maximum atomic E-state index is 12.9. The van der Waals surface area contributed by atoms with E-state index in [0.717, 1.165) is 10.9 Å². The van der Waals surface area contributed by atoms with Crippen LogP contribution in [0.4, 0.5) is 0 Å². The lowest BCUT2D eigenvalue weighted by Gasteiger charge is -2.27. The molecule has 2 saturated carbocycles. The number of nitrogens with one attached hydrogen (secondary N) is 1. The van der Waals surface area contributed by atoms with Crippen molar-refractivity contribution in [1.29, 1.82) is 0 Å². The topological polar surface area (TPSA) is 54.4 Å². The summed E-state index contributed by atoms with van der Waals surface area (Å²) in [7, 11) is 0. The minimum atomic E-state index is -0.290. The van der Waals surface area contributed by atoms with Gasteiger partial charge in [-0.2, -0.15) is 5.10 Å². The summed E-state index contributed by atoms with van der Waals surface area (Å²) in [6.45, 7) is 0. The summed E-state index contributed by atoms with van der Waals surface area (Å²) in [5.74, 6) is 0.832. The van der Waals surface area contributed by atoms with E-state index in [4.69, 9.17) is 0 Å². The number of carbonyl (C=O) groups is 1. The first kappa shape index (κ1) is 20.3. The van der Waals surface area contributed by atoms with Gasteiger partial charge in [-0.1, -0.05) is 97.1 Å². The summed E-state index contributed by atoms with van der Waals surface area (Å²) in [4.78, 5) is 17.4. The number of aromatic nitrogens is 1. The molecule has 5 atom stereocenters. The molecule has 2 bridgehead atoms. The van der Waals surface area contributed by atoms with E-state index in [1.165, 1.54) is 17.5 Å². The Morgan fingerprint density at radius 1 is 0.800 bits per heavy atom. The minimum Gasteiger partial charge on any atom is -0.266 e. The molecule has 2 fully saturated rings. The molecule has 170 valence electrons. The van der Waals surface area contributed by atoms with Crippen LogP contribution in [-0.2, 0) is 10.8 Å². The molecule has 1 aromatic heterocycles. The largest absolute Gasteiger partial charge is 0.289 e. The molecule has 3 aromatic carbocycles. The molecule has 3 aliphatic carbocycles. The van der Waals surface area contributed by atoms with Crippen molar-refractivity contribution in [2.75, 3.05) is 0 Å². The molecule has 4 nitrogen and oxygen atoms in total. The highest BCUT2D eigenvalue weighted by Gasteiger charge is 2.85. The fourth-order valence-electron chi connectivity index (χ4n) is 7.35. The van der Waals surface area contributed by atoms with E-state index in [2.05, 4.69) is 88.3 Å². The van der Waals surface area contributed by atoms with Gasteiger partial charge < -0.3 is 0 Å². The van der Waals surface area contributed by atoms with E-state index in [1.54, 1.807) is 6.07 Å². The van der Waals surface area contributed by atoms with E-state index >= 15 is 0 Å². The van der Waals surface area contributed by atoms with Crippen molar-refractivity contribution in [2.45, 2.75) is 17.3 Å². The predicted octanol–water partition coefficient (Wildman–Crippen LogP) is 5.66. The molecule has 3 aliphatic rings. The molecule has 4 heteroatoms. The lowest BCUT2D eigenvalue weighted by molar-refractivity contribution is 0.0950. The molecule has 4 aromatic rings. The third-order valence-corrected chi connectivity index (χ3v) is 8.56. The van der Waals surface area contributed by atoms with Gasteiger partial charge in [-0.25, -0.2) is 10.4 Å². The SMILES string of the molecule is O=C(N/N=C/C1[C@@]2(c3ccccc3)[C@@H]3C=C[C@@H](C3)[C@@]12c1ccccc1)c1ccc2ccccc2n1. The Hall–Kier alpha value is -4.05. The molecule has 0 saturated heterocycles. The van der Waals surface area contributed by atoms with Gasteiger partial charge in [0.25, 0.3) is 5.91 Å². The second-order valence-electron chi connectivity index (χ2n) is 9.89. The molecule has 1 heterocycles. The Balaban J connectivity index is 1.24. The second kappa shape index (κ2) is 7.47. The third kappa shape index (κ3) is 2.65. The van der Waals surface area contributed by atoms with Gasteiger partial charge in [-0.3, -0.25) is 4.79 Å². The molecule has 7 rings (SSSR count). The summed E-state index contributed by atoms with van der Waals surface area (Å²) < 4.78 is 0. The van der Waals surface area contributed by atoms with Crippen LogP contribution in [0.1, 0.15) is 28.0 Å². The standard InChI is InChI=1S/C31H25N3O/c35-29(27-18-15-21-9-7-8-14-26(21)33-27)34-32-20-28-30(22-10-3-1-4-11-22)24-16-17-25(19-24)31(28,30)23-12-5-2-6-13-23/h1-18,20,24-25,28H,19H2,(H,34,35)/b32-20+/t24-,25+,28?,30-,31+. The summed E-state index contributed by atoms with van der Waals surface area (Å²) in [5, 5.41) is 5.53. The van der Waals surface area contributed by atoms with Crippen LogP contribution >= 0.6 is 0 Å². The number of carbonyl (C=O) groups excluding carboxylic acids is 1. The van der Waals surface area contributed by atoms with Crippen LogP contribution in [-0.4, -0.2) is 17.1 Å². The van der Waals surface area contributed by atoms with Crippen molar-refractivity contribution in [1.82, 2.24) is 10.4 Å². The average Bonchev–Trinajstić information content (AvgIpc) is 3.15. The van der Waals surface area contributed by atoms with E-state index in [1.807, 2.05) is 36.5 Å². The fraction of sp³-hybridized carbons (Fsp3) is 0.194. The van der Waals surface area contributed by atoms with Crippen LogP contribution in [0.3, 0.4) is 0 Å². The van der Waals surface area contributed by atoms with Crippen LogP contribution in [0.2, 0.25) is 0 Å². The number of nitrogens with zero attached hydrogens (tertiary/aromatic N) is 2. The number of amides is 1. The van der Waals surface area contributed by atoms with Gasteiger partial charge in [0.05, 0.1) is 5.52 Å². The van der Waals surface area contributed by atoms with Crippen LogP contribution in [0.25, 0.3) is 10.9 Å². The molecule has 0 spiro atoms. The van der Waals surface area contributed by atoms with E-state index in [-0.39, 0.29) is 22.7 Å². The van der Waals surface area contributed by atoms with Gasteiger partial charge >= 0.3 is 0 Å². The first-order valence-corrected chi connectivity index (χ1v) is 12.2. The van der Waals surface area contributed by atoms with Crippen molar-refractivity contribution >= 4 is 23.0 Å². The zero-order valence-corrected chi connectivity index (χ0v) is 19.2.